The zero-order chi connectivity index (χ0) is 15.4. The molecule has 0 bridgehead atoms. The number of ether oxygens (including phenoxy) is 1. The van der Waals surface area contributed by atoms with Gasteiger partial charge < -0.3 is 4.74 Å². The second kappa shape index (κ2) is 11.9. The lowest BCUT2D eigenvalue weighted by Crippen LogP contribution is -2.12. The van der Waals surface area contributed by atoms with Gasteiger partial charge in [0.1, 0.15) is 0 Å². The highest BCUT2D eigenvalue weighted by Crippen LogP contribution is 2.11. The second-order valence-electron chi connectivity index (χ2n) is 4.91. The highest BCUT2D eigenvalue weighted by Gasteiger charge is 2.06. The predicted molar refractivity (Wildman–Crippen MR) is 89.0 cm³/mol. The summed E-state index contributed by atoms with van der Waals surface area (Å²) in [5.74, 6) is 0.929. The third-order valence-corrected chi connectivity index (χ3v) is 3.34. The number of benzene rings is 1. The maximum Gasteiger partial charge on any atom is 0.152 e. The summed E-state index contributed by atoms with van der Waals surface area (Å²) in [7, 11) is 0. The van der Waals surface area contributed by atoms with E-state index in [2.05, 4.69) is 48.5 Å². The Hall–Kier alpha value is -0.930. The molecule has 0 N–H and O–H groups in total. The molecule has 0 saturated carbocycles. The number of hydrogen-bond donors (Lipinski definition) is 0. The Morgan fingerprint density at radius 2 is 1.75 bits per heavy atom. The van der Waals surface area contributed by atoms with Gasteiger partial charge in [-0.2, -0.15) is 0 Å². The van der Waals surface area contributed by atoms with Gasteiger partial charge in [0.05, 0.1) is 0 Å². The van der Waals surface area contributed by atoms with E-state index in [1.165, 1.54) is 31.4 Å². The quantitative estimate of drug-likeness (QED) is 0.676. The average molecular weight is 341 g/mol. The molecule has 1 heterocycles. The van der Waals surface area contributed by atoms with Gasteiger partial charge in [-0.25, -0.2) is 0 Å². The van der Waals surface area contributed by atoms with Gasteiger partial charge >= 0.3 is 0 Å². The van der Waals surface area contributed by atoms with Crippen LogP contribution >= 0.6 is 15.9 Å². The Balaban J connectivity index is 0.000000280. The van der Waals surface area contributed by atoms with Crippen molar-refractivity contribution < 1.29 is 9.53 Å². The maximum atomic E-state index is 9.69. The smallest absolute Gasteiger partial charge is 0.152 e. The maximum absolute atomic E-state index is 9.69. The Kier molecular flexibility index (Phi) is 11.3. The molecular formula is C17H25BrO2. The van der Waals surface area contributed by atoms with Gasteiger partial charge in [0.15, 0.2) is 5.78 Å². The Bertz CT molecular complexity index is 357. The Labute approximate surface area is 131 Å². The van der Waals surface area contributed by atoms with E-state index in [0.29, 0.717) is 0 Å². The minimum atomic E-state index is 0.0185. The van der Waals surface area contributed by atoms with Crippen LogP contribution in [-0.2, 0) is 9.53 Å². The molecule has 0 atom stereocenters. The minimum Gasteiger partial charge on any atom is -0.381 e. The molecule has 3 heteroatoms. The molecule has 0 spiro atoms. The largest absolute Gasteiger partial charge is 0.381 e. The highest BCUT2D eigenvalue weighted by molar-refractivity contribution is 9.10. The summed E-state index contributed by atoms with van der Waals surface area (Å²) >= 11 is 3.35. The molecule has 1 aliphatic rings. The van der Waals surface area contributed by atoms with E-state index in [1.807, 2.05) is 12.1 Å². The Morgan fingerprint density at radius 3 is 2.00 bits per heavy atom. The first-order valence-electron chi connectivity index (χ1n) is 6.88. The first-order valence-corrected chi connectivity index (χ1v) is 7.68. The molecule has 2 rings (SSSR count). The second-order valence-corrected chi connectivity index (χ2v) is 5.82. The summed E-state index contributed by atoms with van der Waals surface area (Å²) in [5, 5.41) is 0. The van der Waals surface area contributed by atoms with E-state index in [0.717, 1.165) is 23.6 Å². The molecule has 1 aromatic rings. The van der Waals surface area contributed by atoms with Gasteiger partial charge in [0.2, 0.25) is 0 Å². The van der Waals surface area contributed by atoms with E-state index in [-0.39, 0.29) is 5.78 Å². The lowest BCUT2D eigenvalue weighted by atomic mass is 10.0. The number of rotatable bonds is 1. The van der Waals surface area contributed by atoms with Gasteiger partial charge in [-0.15, -0.1) is 0 Å². The fourth-order valence-electron chi connectivity index (χ4n) is 1.35. The van der Waals surface area contributed by atoms with Crippen molar-refractivity contribution in [3.63, 3.8) is 0 Å². The standard InChI is InChI=1S/C7H7Br.C6H12O.C4H6O/c1-6-2-4-7(8)5-3-6;1-6-2-4-7-5-3-6;1-3-4(2)5/h2-5H,1H3;6H,2-5H2,1H3;3H,1H2,2H3. The average Bonchev–Trinajstić information content (AvgIpc) is 2.44. The van der Waals surface area contributed by atoms with Crippen molar-refractivity contribution in [1.82, 2.24) is 0 Å². The summed E-state index contributed by atoms with van der Waals surface area (Å²) in [5.41, 5.74) is 1.30. The minimum absolute atomic E-state index is 0.0185. The van der Waals surface area contributed by atoms with Crippen LogP contribution in [-0.4, -0.2) is 19.0 Å². The fourth-order valence-corrected chi connectivity index (χ4v) is 1.61. The molecule has 1 aliphatic heterocycles. The first kappa shape index (κ1) is 19.1. The molecule has 112 valence electrons. The third kappa shape index (κ3) is 12.1. The van der Waals surface area contributed by atoms with Crippen LogP contribution in [0.5, 0.6) is 0 Å². The van der Waals surface area contributed by atoms with Crippen molar-refractivity contribution in [1.29, 1.82) is 0 Å². The van der Waals surface area contributed by atoms with Crippen molar-refractivity contribution in [2.75, 3.05) is 13.2 Å². The SMILES string of the molecule is C=CC(C)=O.CC1CCOCC1.Cc1ccc(Br)cc1. The van der Waals surface area contributed by atoms with Crippen molar-refractivity contribution in [2.24, 2.45) is 5.92 Å². The molecule has 0 aliphatic carbocycles. The van der Waals surface area contributed by atoms with Gasteiger partial charge in [-0.05, 0) is 50.8 Å². The number of aryl methyl sites for hydroxylation is 1. The first-order chi connectivity index (χ1) is 9.45. The number of ketones is 1. The summed E-state index contributed by atoms with van der Waals surface area (Å²) < 4.78 is 6.28. The van der Waals surface area contributed by atoms with Crippen LogP contribution in [0, 0.1) is 12.8 Å². The molecule has 0 amide bonds. The van der Waals surface area contributed by atoms with E-state index in [9.17, 15) is 4.79 Å². The van der Waals surface area contributed by atoms with E-state index < -0.39 is 0 Å². The molecule has 0 unspecified atom stereocenters. The molecule has 20 heavy (non-hydrogen) atoms. The monoisotopic (exact) mass is 340 g/mol. The molecule has 0 radical (unpaired) electrons. The highest BCUT2D eigenvalue weighted by atomic mass is 79.9. The van der Waals surface area contributed by atoms with Crippen molar-refractivity contribution >= 4 is 21.7 Å². The Morgan fingerprint density at radius 1 is 1.30 bits per heavy atom. The zero-order valence-corrected chi connectivity index (χ0v) is 14.3. The summed E-state index contributed by atoms with van der Waals surface area (Å²) in [6.45, 7) is 11.0. The predicted octanol–water partition coefficient (Wildman–Crippen LogP) is 4.95. The van der Waals surface area contributed by atoms with Gasteiger partial charge in [-0.1, -0.05) is 47.1 Å². The van der Waals surface area contributed by atoms with Gasteiger partial charge in [0.25, 0.3) is 0 Å². The van der Waals surface area contributed by atoms with E-state index >= 15 is 0 Å². The topological polar surface area (TPSA) is 26.3 Å². The lowest BCUT2D eigenvalue weighted by Gasteiger charge is -2.16. The molecule has 1 aromatic carbocycles. The lowest BCUT2D eigenvalue weighted by molar-refractivity contribution is -0.112. The van der Waals surface area contributed by atoms with Crippen LogP contribution in [0.2, 0.25) is 0 Å². The number of halogens is 1. The van der Waals surface area contributed by atoms with Crippen molar-refractivity contribution in [3.8, 4) is 0 Å². The summed E-state index contributed by atoms with van der Waals surface area (Å²) in [6.07, 6.45) is 3.81. The summed E-state index contributed by atoms with van der Waals surface area (Å²) in [4.78, 5) is 9.69. The van der Waals surface area contributed by atoms with E-state index in [4.69, 9.17) is 4.74 Å². The molecular weight excluding hydrogens is 316 g/mol. The normalized spacial score (nSPS) is 14.2. The third-order valence-electron chi connectivity index (χ3n) is 2.81. The van der Waals surface area contributed by atoms with Crippen molar-refractivity contribution in [2.45, 2.75) is 33.6 Å². The van der Waals surface area contributed by atoms with Gasteiger partial charge in [-0.3, -0.25) is 4.79 Å². The summed E-state index contributed by atoms with van der Waals surface area (Å²) in [6, 6.07) is 8.22. The van der Waals surface area contributed by atoms with E-state index in [1.54, 1.807) is 0 Å². The van der Waals surface area contributed by atoms with Gasteiger partial charge in [0, 0.05) is 17.7 Å². The zero-order valence-electron chi connectivity index (χ0n) is 12.7. The van der Waals surface area contributed by atoms with Crippen LogP contribution in [0.25, 0.3) is 0 Å². The van der Waals surface area contributed by atoms with Crippen LogP contribution in [0.4, 0.5) is 0 Å². The van der Waals surface area contributed by atoms with Crippen LogP contribution in [0.15, 0.2) is 41.4 Å². The number of carbonyl (C=O) groups is 1. The number of allylic oxidation sites excluding steroid dienone is 1. The van der Waals surface area contributed by atoms with Crippen molar-refractivity contribution in [3.05, 3.63) is 47.0 Å². The van der Waals surface area contributed by atoms with Crippen LogP contribution in [0.3, 0.4) is 0 Å². The number of carbonyl (C=O) groups excluding carboxylic acids is 1. The molecule has 1 fully saturated rings. The molecule has 2 nitrogen and oxygen atoms in total. The fraction of sp³-hybridized carbons (Fsp3) is 0.471. The van der Waals surface area contributed by atoms with Crippen LogP contribution < -0.4 is 0 Å². The number of hydrogen-bond acceptors (Lipinski definition) is 2. The van der Waals surface area contributed by atoms with Crippen LogP contribution in [0.1, 0.15) is 32.3 Å². The molecule has 1 saturated heterocycles. The molecule has 0 aromatic heterocycles.